The number of carbonyl (C=O) groups excluding carboxylic acids is 2. The minimum Gasteiger partial charge on any atom is -0.462 e. The van der Waals surface area contributed by atoms with Gasteiger partial charge in [0.2, 0.25) is 0 Å². The SMILES string of the molecule is CC[C@H]1CCC[C@H](O[C@H]2CC[C@H](N(C)C)C(C)O2)[C@@H](C)C(=O)C2=C[C@@H]3[C@@H](C[C@@H](n4cc([Si](C)(C)C)nn4)[C@@H]4C[C@@H](O[C@@H]5OC(C)[C@H](OC)C(OC)[C@@H]5OC)C[C@@H]34)[C@@H]2CC(=O)O1. The molecule has 0 bridgehead atoms. The fraction of sp³-hybridized carbons (Fsp3) is 0.870. The summed E-state index contributed by atoms with van der Waals surface area (Å²) in [6, 6.07) is 0.335. The average Bonchev–Trinajstić information content (AvgIpc) is 3.96. The lowest BCUT2D eigenvalue weighted by Crippen LogP contribution is -2.59. The molecule has 7 rings (SSSR count). The molecule has 5 fully saturated rings. The predicted molar refractivity (Wildman–Crippen MR) is 232 cm³/mol. The predicted octanol–water partition coefficient (Wildman–Crippen LogP) is 5.70. The zero-order chi connectivity index (χ0) is 43.9. The van der Waals surface area contributed by atoms with Gasteiger partial charge in [0, 0.05) is 45.4 Å². The summed E-state index contributed by atoms with van der Waals surface area (Å²) in [6.07, 6.45) is 8.55. The number of nitrogens with zero attached hydrogens (tertiary/aromatic N) is 4. The number of rotatable bonds is 11. The first-order valence-corrected chi connectivity index (χ1v) is 26.8. The normalized spacial score (nSPS) is 42.5. The van der Waals surface area contributed by atoms with E-state index in [0.717, 1.165) is 62.3 Å². The van der Waals surface area contributed by atoms with Crippen LogP contribution >= 0.6 is 0 Å². The first kappa shape index (κ1) is 46.9. The third-order valence-corrected chi connectivity index (χ3v) is 17.2. The lowest BCUT2D eigenvalue weighted by Gasteiger charge is -2.44. The molecule has 1 aromatic heterocycles. The highest BCUT2D eigenvalue weighted by molar-refractivity contribution is 6.88. The van der Waals surface area contributed by atoms with Gasteiger partial charge in [-0.2, -0.15) is 0 Å². The van der Waals surface area contributed by atoms with E-state index in [1.807, 2.05) is 13.8 Å². The van der Waals surface area contributed by atoms with Gasteiger partial charge in [0.05, 0.1) is 42.2 Å². The van der Waals surface area contributed by atoms with Crippen molar-refractivity contribution in [2.24, 2.45) is 35.5 Å². The van der Waals surface area contributed by atoms with E-state index in [4.69, 9.17) is 48.2 Å². The number of cyclic esters (lactones) is 1. The second-order valence-corrected chi connectivity index (χ2v) is 25.3. The van der Waals surface area contributed by atoms with Crippen LogP contribution in [0.25, 0.3) is 0 Å². The van der Waals surface area contributed by atoms with Crippen LogP contribution in [0, 0.1) is 35.5 Å². The lowest BCUT2D eigenvalue weighted by molar-refractivity contribution is -0.314. The number of ketones is 1. The standard InChI is InChI=1S/C46H76N4O10Si/c1-13-28-15-14-16-38(60-41-18-17-36(49(5)6)26(3)56-41)25(2)42(52)35-21-31-30-19-29(59-46-45(55-9)44(54-8)43(53-7)27(4)57-46)20-34(30)37(22-32(31)33(35)23-40(51)58-28)50-24-39(47-48-50)61(10,11)12/h21,24-34,36-38,41,43-46H,13-20,22-23H2,1-12H3/t25-,26?,27?,28+,29+,30+,31+,32-,33+,34-,36+,37-,38+,41+,43+,44?,45+,46+/m1/s1. The molecule has 2 saturated carbocycles. The molecule has 3 aliphatic heterocycles. The summed E-state index contributed by atoms with van der Waals surface area (Å²) in [5.41, 5.74) is 0.759. The van der Waals surface area contributed by atoms with E-state index >= 15 is 4.79 Å². The maximum absolute atomic E-state index is 15.1. The summed E-state index contributed by atoms with van der Waals surface area (Å²) in [7, 11) is 7.42. The molecule has 3 saturated heterocycles. The molecule has 61 heavy (non-hydrogen) atoms. The zero-order valence-corrected chi connectivity index (χ0v) is 40.0. The number of hydrogen-bond acceptors (Lipinski definition) is 13. The number of fused-ring (bicyclic) bond motifs is 5. The van der Waals surface area contributed by atoms with Gasteiger partial charge in [-0.25, -0.2) is 4.68 Å². The molecule has 18 atom stereocenters. The Morgan fingerprint density at radius 3 is 2.21 bits per heavy atom. The van der Waals surface area contributed by atoms with E-state index in [1.54, 1.807) is 21.3 Å². The number of Topliss-reactive ketones (excluding diaryl/α,β-unsaturated/α-hetero) is 1. The van der Waals surface area contributed by atoms with Crippen LogP contribution in [0.2, 0.25) is 19.6 Å². The van der Waals surface area contributed by atoms with Crippen LogP contribution in [-0.4, -0.2) is 143 Å². The zero-order valence-electron chi connectivity index (χ0n) is 39.0. The van der Waals surface area contributed by atoms with Crippen molar-refractivity contribution in [3.05, 3.63) is 17.8 Å². The van der Waals surface area contributed by atoms with Gasteiger partial charge in [0.25, 0.3) is 0 Å². The third-order valence-electron chi connectivity index (χ3n) is 15.4. The summed E-state index contributed by atoms with van der Waals surface area (Å²) >= 11 is 0. The van der Waals surface area contributed by atoms with Crippen LogP contribution in [0.5, 0.6) is 0 Å². The Morgan fingerprint density at radius 2 is 1.57 bits per heavy atom. The first-order chi connectivity index (χ1) is 29.1. The average molecular weight is 873 g/mol. The minimum atomic E-state index is -1.76. The fourth-order valence-corrected chi connectivity index (χ4v) is 12.9. The topological polar surface area (TPSA) is 142 Å². The molecular formula is C46H76N4O10Si. The molecule has 0 spiro atoms. The highest BCUT2D eigenvalue weighted by atomic mass is 28.3. The van der Waals surface area contributed by atoms with Crippen LogP contribution < -0.4 is 5.32 Å². The van der Waals surface area contributed by atoms with E-state index in [-0.39, 0.29) is 103 Å². The van der Waals surface area contributed by atoms with Crippen molar-refractivity contribution < 1.29 is 47.5 Å². The Morgan fingerprint density at radius 1 is 0.852 bits per heavy atom. The van der Waals surface area contributed by atoms with Crippen molar-refractivity contribution >= 4 is 25.1 Å². The van der Waals surface area contributed by atoms with E-state index < -0.39 is 26.4 Å². The van der Waals surface area contributed by atoms with Gasteiger partial charge >= 0.3 is 5.97 Å². The van der Waals surface area contributed by atoms with Gasteiger partial charge in [-0.1, -0.05) is 44.8 Å². The second-order valence-electron chi connectivity index (χ2n) is 20.3. The van der Waals surface area contributed by atoms with E-state index in [0.29, 0.717) is 12.5 Å². The Kier molecular flexibility index (Phi) is 15.0. The van der Waals surface area contributed by atoms with Gasteiger partial charge < -0.3 is 42.8 Å². The molecule has 14 nitrogen and oxygen atoms in total. The van der Waals surface area contributed by atoms with Crippen molar-refractivity contribution in [1.82, 2.24) is 19.9 Å². The number of carbonyl (C=O) groups is 2. The van der Waals surface area contributed by atoms with Gasteiger partial charge in [-0.15, -0.1) is 5.10 Å². The summed E-state index contributed by atoms with van der Waals surface area (Å²) in [6.45, 7) is 15.1. The van der Waals surface area contributed by atoms with Gasteiger partial charge in [-0.05, 0) is 115 Å². The molecular weight excluding hydrogens is 797 g/mol. The molecule has 15 heteroatoms. The largest absolute Gasteiger partial charge is 0.462 e. The fourth-order valence-electron chi connectivity index (χ4n) is 12.0. The van der Waals surface area contributed by atoms with Gasteiger partial charge in [0.15, 0.2) is 18.4 Å². The maximum Gasteiger partial charge on any atom is 0.306 e. The summed E-state index contributed by atoms with van der Waals surface area (Å²) in [5.74, 6) is -0.353. The number of methoxy groups -OCH3 is 3. The Hall–Kier alpha value is -2.08. The number of ether oxygens (including phenoxy) is 8. The van der Waals surface area contributed by atoms with Crippen molar-refractivity contribution in [2.75, 3.05) is 35.4 Å². The van der Waals surface area contributed by atoms with Crippen LogP contribution in [0.3, 0.4) is 0 Å². The quantitative estimate of drug-likeness (QED) is 0.199. The van der Waals surface area contributed by atoms with Gasteiger partial charge in [-0.3, -0.25) is 9.59 Å². The third kappa shape index (κ3) is 9.80. The van der Waals surface area contributed by atoms with Gasteiger partial charge in [0.1, 0.15) is 32.5 Å². The maximum atomic E-state index is 15.1. The van der Waals surface area contributed by atoms with Crippen molar-refractivity contribution in [2.45, 2.75) is 185 Å². The molecule has 1 aromatic rings. The van der Waals surface area contributed by atoms with Crippen molar-refractivity contribution in [1.29, 1.82) is 0 Å². The molecule has 0 radical (unpaired) electrons. The molecule has 3 unspecified atom stereocenters. The first-order valence-electron chi connectivity index (χ1n) is 23.3. The van der Waals surface area contributed by atoms with Crippen LogP contribution in [0.15, 0.2) is 17.8 Å². The van der Waals surface area contributed by atoms with E-state index in [9.17, 15) is 4.79 Å². The van der Waals surface area contributed by atoms with E-state index in [1.165, 1.54) is 0 Å². The Labute approximate surface area is 365 Å². The number of hydrogen-bond donors (Lipinski definition) is 0. The summed E-state index contributed by atoms with van der Waals surface area (Å²) < 4.78 is 52.7. The molecule has 344 valence electrons. The Bertz CT molecular complexity index is 1690. The van der Waals surface area contributed by atoms with Crippen LogP contribution in [0.1, 0.15) is 97.9 Å². The molecule has 0 amide bonds. The molecule has 0 N–H and O–H groups in total. The Balaban J connectivity index is 1.20. The highest BCUT2D eigenvalue weighted by Gasteiger charge is 2.57. The number of esters is 1. The summed E-state index contributed by atoms with van der Waals surface area (Å²) in [4.78, 5) is 31.3. The molecule has 0 aromatic carbocycles. The highest BCUT2D eigenvalue weighted by Crippen LogP contribution is 2.60. The van der Waals surface area contributed by atoms with Crippen LogP contribution in [0.4, 0.5) is 0 Å². The summed E-state index contributed by atoms with van der Waals surface area (Å²) in [5, 5.41) is 10.6. The number of likely N-dealkylation sites (N-methyl/N-ethyl adjacent to an activating group) is 1. The minimum absolute atomic E-state index is 0.0139. The number of aromatic nitrogens is 3. The van der Waals surface area contributed by atoms with Crippen molar-refractivity contribution in [3.8, 4) is 0 Å². The second kappa shape index (κ2) is 19.6. The number of allylic oxidation sites excluding steroid dienone is 2. The molecule has 4 heterocycles. The van der Waals surface area contributed by atoms with Crippen LogP contribution in [-0.2, 0) is 47.5 Å². The molecule has 6 aliphatic rings. The monoisotopic (exact) mass is 873 g/mol. The smallest absolute Gasteiger partial charge is 0.306 e. The molecule has 3 aliphatic carbocycles. The van der Waals surface area contributed by atoms with Crippen molar-refractivity contribution in [3.63, 3.8) is 0 Å². The lowest BCUT2D eigenvalue weighted by atomic mass is 9.64. The van der Waals surface area contributed by atoms with E-state index in [2.05, 4.69) is 69.4 Å².